The van der Waals surface area contributed by atoms with Crippen LogP contribution in [0.4, 0.5) is 5.69 Å². The molecule has 126 valence electrons. The van der Waals surface area contributed by atoms with E-state index in [0.29, 0.717) is 5.56 Å². The van der Waals surface area contributed by atoms with Crippen molar-refractivity contribution in [3.63, 3.8) is 0 Å². The first-order valence-corrected chi connectivity index (χ1v) is 7.85. The summed E-state index contributed by atoms with van der Waals surface area (Å²) in [5.74, 6) is -0.0391. The Kier molecular flexibility index (Phi) is 4.59. The number of nitrogens with zero attached hydrogens (tertiary/aromatic N) is 1. The van der Waals surface area contributed by atoms with Gasteiger partial charge in [0.25, 0.3) is 5.69 Å². The topological polar surface area (TPSA) is 83.6 Å². The van der Waals surface area contributed by atoms with Crippen molar-refractivity contribution >= 4 is 17.3 Å². The Morgan fingerprint density at radius 2 is 1.24 bits per heavy atom. The molecular formula is C19H14ClNO4. The molecule has 0 aromatic heterocycles. The van der Waals surface area contributed by atoms with Crippen LogP contribution in [-0.2, 0) is 0 Å². The van der Waals surface area contributed by atoms with Crippen molar-refractivity contribution in [3.05, 3.63) is 98.6 Å². The van der Waals surface area contributed by atoms with Gasteiger partial charge in [-0.15, -0.1) is 0 Å². The van der Waals surface area contributed by atoms with Gasteiger partial charge in [0.2, 0.25) is 0 Å². The lowest BCUT2D eigenvalue weighted by atomic mass is 9.85. The van der Waals surface area contributed by atoms with E-state index in [1.165, 1.54) is 12.1 Å². The third-order valence-corrected chi connectivity index (χ3v) is 4.27. The standard InChI is InChI=1S/C19H14ClNO4/c20-17-10-5-14(11-18(17)21(24)25)19(12-1-6-15(22)7-2-12)13-3-8-16(23)9-4-13/h1-11,19,22-23H. The molecule has 0 atom stereocenters. The normalized spacial score (nSPS) is 10.8. The van der Waals surface area contributed by atoms with Crippen LogP contribution in [0.15, 0.2) is 66.7 Å². The van der Waals surface area contributed by atoms with Crippen molar-refractivity contribution in [2.45, 2.75) is 5.92 Å². The number of nitro benzene ring substituents is 1. The molecular weight excluding hydrogens is 342 g/mol. The van der Waals surface area contributed by atoms with E-state index in [1.807, 2.05) is 0 Å². The zero-order valence-electron chi connectivity index (χ0n) is 13.0. The van der Waals surface area contributed by atoms with Gasteiger partial charge in [-0.05, 0) is 47.0 Å². The fourth-order valence-electron chi connectivity index (χ4n) is 2.76. The molecule has 3 aromatic carbocycles. The lowest BCUT2D eigenvalue weighted by molar-refractivity contribution is -0.384. The van der Waals surface area contributed by atoms with Gasteiger partial charge in [-0.1, -0.05) is 41.9 Å². The second-order valence-corrected chi connectivity index (χ2v) is 5.99. The van der Waals surface area contributed by atoms with Crippen molar-refractivity contribution in [1.29, 1.82) is 0 Å². The van der Waals surface area contributed by atoms with Crippen LogP contribution in [0.25, 0.3) is 0 Å². The fourth-order valence-corrected chi connectivity index (χ4v) is 2.95. The molecule has 3 rings (SSSR count). The molecule has 2 N–H and O–H groups in total. The van der Waals surface area contributed by atoms with Gasteiger partial charge in [-0.25, -0.2) is 0 Å². The molecule has 6 heteroatoms. The van der Waals surface area contributed by atoms with Crippen molar-refractivity contribution in [2.75, 3.05) is 0 Å². The van der Waals surface area contributed by atoms with Crippen LogP contribution in [0.3, 0.4) is 0 Å². The molecule has 0 saturated heterocycles. The Morgan fingerprint density at radius 1 is 0.800 bits per heavy atom. The molecule has 0 spiro atoms. The SMILES string of the molecule is O=[N+]([O-])c1cc(C(c2ccc(O)cc2)c2ccc(O)cc2)ccc1Cl. The number of nitro groups is 1. The van der Waals surface area contributed by atoms with Gasteiger partial charge in [0.15, 0.2) is 0 Å². The number of aromatic hydroxyl groups is 2. The summed E-state index contributed by atoms with van der Waals surface area (Å²) in [7, 11) is 0. The lowest BCUT2D eigenvalue weighted by Gasteiger charge is -2.19. The molecule has 0 aliphatic heterocycles. The summed E-state index contributed by atoms with van der Waals surface area (Å²) >= 11 is 5.92. The summed E-state index contributed by atoms with van der Waals surface area (Å²) in [6.45, 7) is 0. The highest BCUT2D eigenvalue weighted by atomic mass is 35.5. The molecule has 0 saturated carbocycles. The molecule has 3 aromatic rings. The molecule has 0 heterocycles. The summed E-state index contributed by atoms with van der Waals surface area (Å²) in [5.41, 5.74) is 2.22. The van der Waals surface area contributed by atoms with Crippen LogP contribution in [0, 0.1) is 10.1 Å². The number of halogens is 1. The first-order valence-electron chi connectivity index (χ1n) is 7.47. The zero-order chi connectivity index (χ0) is 18.0. The summed E-state index contributed by atoms with van der Waals surface area (Å²) in [6, 6.07) is 18.0. The molecule has 0 amide bonds. The van der Waals surface area contributed by atoms with Gasteiger partial charge < -0.3 is 10.2 Å². The maximum Gasteiger partial charge on any atom is 0.288 e. The lowest BCUT2D eigenvalue weighted by Crippen LogP contribution is -2.04. The van der Waals surface area contributed by atoms with E-state index in [9.17, 15) is 20.3 Å². The smallest absolute Gasteiger partial charge is 0.288 e. The van der Waals surface area contributed by atoms with Crippen LogP contribution in [-0.4, -0.2) is 15.1 Å². The molecule has 0 radical (unpaired) electrons. The number of benzene rings is 3. The van der Waals surface area contributed by atoms with Crippen LogP contribution in [0.2, 0.25) is 5.02 Å². The summed E-state index contributed by atoms with van der Waals surface area (Å²) in [4.78, 5) is 10.7. The molecule has 0 bridgehead atoms. The predicted molar refractivity (Wildman–Crippen MR) is 95.3 cm³/mol. The Balaban J connectivity index is 2.17. The summed E-state index contributed by atoms with van der Waals surface area (Å²) < 4.78 is 0. The van der Waals surface area contributed by atoms with Gasteiger partial charge >= 0.3 is 0 Å². The molecule has 0 unspecified atom stereocenters. The van der Waals surface area contributed by atoms with Crippen LogP contribution >= 0.6 is 11.6 Å². The Morgan fingerprint density at radius 3 is 1.68 bits per heavy atom. The first kappa shape index (κ1) is 16.8. The van der Waals surface area contributed by atoms with Crippen LogP contribution < -0.4 is 0 Å². The molecule has 0 fully saturated rings. The second kappa shape index (κ2) is 6.83. The molecule has 0 aliphatic carbocycles. The Labute approximate surface area is 148 Å². The minimum absolute atomic E-state index is 0.0731. The monoisotopic (exact) mass is 355 g/mol. The largest absolute Gasteiger partial charge is 0.508 e. The van der Waals surface area contributed by atoms with E-state index >= 15 is 0 Å². The molecule has 0 aliphatic rings. The molecule has 5 nitrogen and oxygen atoms in total. The van der Waals surface area contributed by atoms with Crippen molar-refractivity contribution in [1.82, 2.24) is 0 Å². The Hall–Kier alpha value is -3.05. The number of phenols is 2. The first-order chi connectivity index (χ1) is 12.0. The van der Waals surface area contributed by atoms with E-state index in [4.69, 9.17) is 11.6 Å². The van der Waals surface area contributed by atoms with Gasteiger partial charge in [-0.2, -0.15) is 0 Å². The van der Waals surface area contributed by atoms with E-state index in [-0.39, 0.29) is 28.1 Å². The second-order valence-electron chi connectivity index (χ2n) is 5.58. The van der Waals surface area contributed by atoms with E-state index < -0.39 is 4.92 Å². The number of phenolic OH excluding ortho intramolecular Hbond substituents is 2. The highest BCUT2D eigenvalue weighted by molar-refractivity contribution is 6.32. The average molecular weight is 356 g/mol. The number of hydrogen-bond donors (Lipinski definition) is 2. The minimum Gasteiger partial charge on any atom is -0.508 e. The van der Waals surface area contributed by atoms with Gasteiger partial charge in [0.05, 0.1) is 4.92 Å². The highest BCUT2D eigenvalue weighted by Gasteiger charge is 2.21. The van der Waals surface area contributed by atoms with Crippen molar-refractivity contribution in [3.8, 4) is 11.5 Å². The maximum absolute atomic E-state index is 11.2. The Bertz CT molecular complexity index is 862. The third-order valence-electron chi connectivity index (χ3n) is 3.95. The van der Waals surface area contributed by atoms with Gasteiger partial charge in [0, 0.05) is 12.0 Å². The minimum atomic E-state index is -0.517. The number of rotatable bonds is 4. The van der Waals surface area contributed by atoms with E-state index in [2.05, 4.69) is 0 Å². The zero-order valence-corrected chi connectivity index (χ0v) is 13.7. The van der Waals surface area contributed by atoms with Gasteiger partial charge in [-0.3, -0.25) is 10.1 Å². The van der Waals surface area contributed by atoms with Crippen molar-refractivity contribution < 1.29 is 15.1 Å². The van der Waals surface area contributed by atoms with E-state index in [1.54, 1.807) is 54.6 Å². The highest BCUT2D eigenvalue weighted by Crippen LogP contribution is 2.36. The fraction of sp³-hybridized carbons (Fsp3) is 0.0526. The van der Waals surface area contributed by atoms with Crippen LogP contribution in [0.1, 0.15) is 22.6 Å². The average Bonchev–Trinajstić information content (AvgIpc) is 2.59. The van der Waals surface area contributed by atoms with Gasteiger partial charge in [0.1, 0.15) is 16.5 Å². The quantitative estimate of drug-likeness (QED) is 0.398. The maximum atomic E-state index is 11.2. The predicted octanol–water partition coefficient (Wildman–Crippen LogP) is 4.84. The summed E-state index contributed by atoms with van der Waals surface area (Å²) in [5, 5.41) is 30.3. The molecule has 25 heavy (non-hydrogen) atoms. The third kappa shape index (κ3) is 3.56. The van der Waals surface area contributed by atoms with Crippen LogP contribution in [0.5, 0.6) is 11.5 Å². The number of hydrogen-bond acceptors (Lipinski definition) is 4. The van der Waals surface area contributed by atoms with Crippen molar-refractivity contribution in [2.24, 2.45) is 0 Å². The van der Waals surface area contributed by atoms with E-state index in [0.717, 1.165) is 11.1 Å². The summed E-state index contributed by atoms with van der Waals surface area (Å²) in [6.07, 6.45) is 0.